The fourth-order valence-electron chi connectivity index (χ4n) is 3.27. The monoisotopic (exact) mass is 318 g/mol. The third kappa shape index (κ3) is 2.58. The quantitative estimate of drug-likeness (QED) is 0.798. The van der Waals surface area contributed by atoms with E-state index in [1.54, 1.807) is 0 Å². The molecule has 1 saturated heterocycles. The second kappa shape index (κ2) is 5.54. The van der Waals surface area contributed by atoms with Gasteiger partial charge < -0.3 is 4.90 Å². The Kier molecular flexibility index (Phi) is 3.85. The lowest BCUT2D eigenvalue weighted by molar-refractivity contribution is 0.259. The Morgan fingerprint density at radius 2 is 1.82 bits per heavy atom. The number of likely N-dealkylation sites (tertiary alicyclic amines) is 1. The number of amidine groups is 1. The highest BCUT2D eigenvalue weighted by Crippen LogP contribution is 2.35. The van der Waals surface area contributed by atoms with Crippen LogP contribution in [0.25, 0.3) is 4.91 Å². The highest BCUT2D eigenvalue weighted by atomic mass is 32.2. The summed E-state index contributed by atoms with van der Waals surface area (Å²) in [6.45, 7) is 6.89. The number of sulfonamides is 1. The van der Waals surface area contributed by atoms with Crippen LogP contribution in [0.3, 0.4) is 0 Å². The summed E-state index contributed by atoms with van der Waals surface area (Å²) in [5.41, 5.74) is 2.62. The summed E-state index contributed by atoms with van der Waals surface area (Å²) in [5, 5.41) is 0. The van der Waals surface area contributed by atoms with Crippen molar-refractivity contribution in [2.24, 2.45) is 4.40 Å². The van der Waals surface area contributed by atoms with Crippen molar-refractivity contribution in [1.82, 2.24) is 4.90 Å². The Hall–Kier alpha value is -1.62. The van der Waals surface area contributed by atoms with E-state index in [1.807, 2.05) is 38.1 Å². The van der Waals surface area contributed by atoms with Crippen LogP contribution in [-0.2, 0) is 10.0 Å². The van der Waals surface area contributed by atoms with E-state index in [0.29, 0.717) is 16.8 Å². The SMILES string of the molecule is CC1=C(c2ccc(C)cc2)S(=O)(=O)N=C1N1CCCCC1C. The van der Waals surface area contributed by atoms with Gasteiger partial charge in [-0.15, -0.1) is 4.40 Å². The van der Waals surface area contributed by atoms with Gasteiger partial charge in [0.1, 0.15) is 10.7 Å². The number of benzene rings is 1. The molecule has 1 fully saturated rings. The lowest BCUT2D eigenvalue weighted by Crippen LogP contribution is -2.42. The minimum atomic E-state index is -3.60. The lowest BCUT2D eigenvalue weighted by atomic mass is 10.0. The second-order valence-corrected chi connectivity index (χ2v) is 7.79. The van der Waals surface area contributed by atoms with Crippen LogP contribution in [0, 0.1) is 6.92 Å². The molecule has 1 aromatic carbocycles. The summed E-state index contributed by atoms with van der Waals surface area (Å²) in [5.74, 6) is 0.641. The minimum absolute atomic E-state index is 0.343. The van der Waals surface area contributed by atoms with Crippen LogP contribution in [0.4, 0.5) is 0 Å². The van der Waals surface area contributed by atoms with Gasteiger partial charge in [0.25, 0.3) is 10.0 Å². The third-order valence-corrected chi connectivity index (χ3v) is 6.00. The van der Waals surface area contributed by atoms with Crippen molar-refractivity contribution in [3.05, 3.63) is 41.0 Å². The molecular weight excluding hydrogens is 296 g/mol. The average molecular weight is 318 g/mol. The van der Waals surface area contributed by atoms with E-state index in [1.165, 1.54) is 6.42 Å². The number of piperidine rings is 1. The summed E-state index contributed by atoms with van der Waals surface area (Å²) >= 11 is 0. The van der Waals surface area contributed by atoms with Crippen LogP contribution < -0.4 is 0 Å². The molecule has 0 bridgehead atoms. The van der Waals surface area contributed by atoms with E-state index in [4.69, 9.17) is 0 Å². The normalized spacial score (nSPS) is 24.6. The first-order chi connectivity index (χ1) is 10.4. The minimum Gasteiger partial charge on any atom is -0.353 e. The molecule has 0 N–H and O–H groups in total. The summed E-state index contributed by atoms with van der Waals surface area (Å²) in [6, 6.07) is 7.95. The van der Waals surface area contributed by atoms with Gasteiger partial charge in [0, 0.05) is 18.2 Å². The molecule has 1 aromatic rings. The molecule has 2 heterocycles. The lowest BCUT2D eigenvalue weighted by Gasteiger charge is -2.35. The third-order valence-electron chi connectivity index (χ3n) is 4.53. The van der Waals surface area contributed by atoms with Crippen LogP contribution >= 0.6 is 0 Å². The molecule has 5 heteroatoms. The molecule has 2 aliphatic rings. The summed E-state index contributed by atoms with van der Waals surface area (Å²) in [4.78, 5) is 2.51. The number of aryl methyl sites for hydroxylation is 1. The number of nitrogens with zero attached hydrogens (tertiary/aromatic N) is 2. The zero-order chi connectivity index (χ0) is 15.9. The van der Waals surface area contributed by atoms with Gasteiger partial charge in [-0.25, -0.2) is 0 Å². The molecule has 3 rings (SSSR count). The fraction of sp³-hybridized carbons (Fsp3) is 0.471. The summed E-state index contributed by atoms with van der Waals surface area (Å²) in [6.07, 6.45) is 3.38. The van der Waals surface area contributed by atoms with Crippen molar-refractivity contribution in [1.29, 1.82) is 0 Å². The molecule has 0 radical (unpaired) electrons. The van der Waals surface area contributed by atoms with Gasteiger partial charge >= 0.3 is 0 Å². The largest absolute Gasteiger partial charge is 0.353 e. The number of hydrogen-bond donors (Lipinski definition) is 0. The molecule has 4 nitrogen and oxygen atoms in total. The molecule has 22 heavy (non-hydrogen) atoms. The first-order valence-electron chi connectivity index (χ1n) is 7.80. The van der Waals surface area contributed by atoms with Gasteiger partial charge in [0.15, 0.2) is 0 Å². The molecule has 0 aliphatic carbocycles. The van der Waals surface area contributed by atoms with Gasteiger partial charge in [0.05, 0.1) is 0 Å². The van der Waals surface area contributed by atoms with Gasteiger partial charge in [-0.2, -0.15) is 8.42 Å². The van der Waals surface area contributed by atoms with E-state index in [9.17, 15) is 8.42 Å². The Morgan fingerprint density at radius 1 is 1.14 bits per heavy atom. The molecule has 0 amide bonds. The maximum absolute atomic E-state index is 12.5. The number of rotatable bonds is 1. The number of hydrogen-bond acceptors (Lipinski definition) is 3. The van der Waals surface area contributed by atoms with Gasteiger partial charge in [-0.3, -0.25) is 0 Å². The van der Waals surface area contributed by atoms with Crippen molar-refractivity contribution < 1.29 is 8.42 Å². The van der Waals surface area contributed by atoms with Crippen molar-refractivity contribution in [2.45, 2.75) is 46.1 Å². The maximum Gasteiger partial charge on any atom is 0.285 e. The molecule has 0 saturated carbocycles. The molecule has 1 atom stereocenters. The first kappa shape index (κ1) is 15.3. The van der Waals surface area contributed by atoms with Gasteiger partial charge in [-0.05, 0) is 45.6 Å². The standard InChI is InChI=1S/C17H22N2O2S/c1-12-7-9-15(10-8-12)16-14(3)17(18-22(16,20)21)19-11-5-4-6-13(19)2/h7-10,13H,4-6,11H2,1-3H3. The summed E-state index contributed by atoms with van der Waals surface area (Å²) < 4.78 is 29.2. The van der Waals surface area contributed by atoms with Gasteiger partial charge in [-0.1, -0.05) is 29.8 Å². The molecule has 0 aromatic heterocycles. The average Bonchev–Trinajstić information content (AvgIpc) is 2.71. The first-order valence-corrected chi connectivity index (χ1v) is 9.24. The topological polar surface area (TPSA) is 49.7 Å². The highest BCUT2D eigenvalue weighted by molar-refractivity contribution is 8.00. The van der Waals surface area contributed by atoms with Crippen molar-refractivity contribution in [2.75, 3.05) is 6.54 Å². The Labute approximate surface area is 132 Å². The molecule has 0 spiro atoms. The maximum atomic E-state index is 12.5. The van der Waals surface area contributed by atoms with E-state index >= 15 is 0 Å². The summed E-state index contributed by atoms with van der Waals surface area (Å²) in [7, 11) is -3.60. The highest BCUT2D eigenvalue weighted by Gasteiger charge is 2.35. The van der Waals surface area contributed by atoms with Crippen molar-refractivity contribution in [3.8, 4) is 0 Å². The van der Waals surface area contributed by atoms with Crippen LogP contribution in [0.2, 0.25) is 0 Å². The van der Waals surface area contributed by atoms with Gasteiger partial charge in [0.2, 0.25) is 0 Å². The van der Waals surface area contributed by atoms with Crippen LogP contribution in [0.15, 0.2) is 34.2 Å². The van der Waals surface area contributed by atoms with E-state index in [-0.39, 0.29) is 0 Å². The molecule has 1 unspecified atom stereocenters. The Bertz CT molecular complexity index is 745. The zero-order valence-corrected chi connectivity index (χ0v) is 14.2. The van der Waals surface area contributed by atoms with Crippen molar-refractivity contribution >= 4 is 20.8 Å². The smallest absolute Gasteiger partial charge is 0.285 e. The predicted octanol–water partition coefficient (Wildman–Crippen LogP) is 3.34. The second-order valence-electron chi connectivity index (χ2n) is 6.25. The van der Waals surface area contributed by atoms with E-state index in [2.05, 4.69) is 16.2 Å². The van der Waals surface area contributed by atoms with E-state index in [0.717, 1.165) is 36.1 Å². The van der Waals surface area contributed by atoms with Crippen LogP contribution in [-0.4, -0.2) is 31.7 Å². The van der Waals surface area contributed by atoms with Crippen LogP contribution in [0.5, 0.6) is 0 Å². The fourth-order valence-corrected chi connectivity index (χ4v) is 4.75. The molecule has 2 aliphatic heterocycles. The Balaban J connectivity index is 2.05. The van der Waals surface area contributed by atoms with Crippen LogP contribution in [0.1, 0.15) is 44.2 Å². The Morgan fingerprint density at radius 3 is 2.45 bits per heavy atom. The predicted molar refractivity (Wildman–Crippen MR) is 90.1 cm³/mol. The molecular formula is C17H22N2O2S. The molecule has 118 valence electrons. The zero-order valence-electron chi connectivity index (χ0n) is 13.3. The van der Waals surface area contributed by atoms with E-state index < -0.39 is 10.0 Å². The van der Waals surface area contributed by atoms with Crippen molar-refractivity contribution in [3.63, 3.8) is 0 Å².